The maximum atomic E-state index is 12.6. The Morgan fingerprint density at radius 3 is 2.29 bits per heavy atom. The van der Waals surface area contributed by atoms with Gasteiger partial charge in [-0.3, -0.25) is 14.4 Å². The van der Waals surface area contributed by atoms with E-state index in [1.807, 2.05) is 0 Å². The van der Waals surface area contributed by atoms with Crippen molar-refractivity contribution in [2.24, 2.45) is 5.73 Å². The van der Waals surface area contributed by atoms with Gasteiger partial charge in [-0.05, 0) is 11.6 Å². The highest BCUT2D eigenvalue weighted by molar-refractivity contribution is 6.06. The van der Waals surface area contributed by atoms with E-state index in [1.54, 1.807) is 54.6 Å². The molecule has 0 radical (unpaired) electrons. The molecule has 3 aromatic rings. The predicted octanol–water partition coefficient (Wildman–Crippen LogP) is 0.879. The SMILES string of the molecule is NC(=O)[C@H](NC(=O)c1n[nH]c(=O)c2ccccc12)c1ccccc1. The van der Waals surface area contributed by atoms with Crippen LogP contribution in [0.4, 0.5) is 0 Å². The van der Waals surface area contributed by atoms with Crippen LogP contribution in [0, 0.1) is 0 Å². The number of hydrogen-bond donors (Lipinski definition) is 3. The first-order chi connectivity index (χ1) is 11.6. The van der Waals surface area contributed by atoms with E-state index in [4.69, 9.17) is 5.73 Å². The van der Waals surface area contributed by atoms with E-state index >= 15 is 0 Å². The van der Waals surface area contributed by atoms with Gasteiger partial charge < -0.3 is 11.1 Å². The molecule has 0 saturated heterocycles. The number of aromatic amines is 1. The smallest absolute Gasteiger partial charge is 0.273 e. The zero-order valence-electron chi connectivity index (χ0n) is 12.5. The Hall–Kier alpha value is -3.48. The van der Waals surface area contributed by atoms with E-state index < -0.39 is 23.4 Å². The molecule has 2 amide bonds. The van der Waals surface area contributed by atoms with Crippen molar-refractivity contribution in [1.82, 2.24) is 15.5 Å². The molecule has 7 nitrogen and oxygen atoms in total. The topological polar surface area (TPSA) is 118 Å². The van der Waals surface area contributed by atoms with Crippen molar-refractivity contribution >= 4 is 22.6 Å². The van der Waals surface area contributed by atoms with Crippen LogP contribution in [0.5, 0.6) is 0 Å². The van der Waals surface area contributed by atoms with Crippen LogP contribution in [0.3, 0.4) is 0 Å². The molecule has 1 heterocycles. The number of aromatic nitrogens is 2. The molecule has 1 aromatic heterocycles. The van der Waals surface area contributed by atoms with Crippen molar-refractivity contribution in [3.63, 3.8) is 0 Å². The van der Waals surface area contributed by atoms with Crippen molar-refractivity contribution in [1.29, 1.82) is 0 Å². The number of amides is 2. The zero-order chi connectivity index (χ0) is 17.1. The Kier molecular flexibility index (Phi) is 4.07. The van der Waals surface area contributed by atoms with Crippen LogP contribution in [0.2, 0.25) is 0 Å². The Balaban J connectivity index is 1.99. The van der Waals surface area contributed by atoms with E-state index in [1.165, 1.54) is 0 Å². The molecule has 1 atom stereocenters. The van der Waals surface area contributed by atoms with Crippen LogP contribution in [0.1, 0.15) is 22.1 Å². The summed E-state index contributed by atoms with van der Waals surface area (Å²) in [5.41, 5.74) is 5.59. The van der Waals surface area contributed by atoms with E-state index in [-0.39, 0.29) is 5.69 Å². The van der Waals surface area contributed by atoms with Crippen LogP contribution in [0.25, 0.3) is 10.8 Å². The maximum absolute atomic E-state index is 12.6. The van der Waals surface area contributed by atoms with Gasteiger partial charge in [0.25, 0.3) is 11.5 Å². The molecule has 2 aromatic carbocycles. The van der Waals surface area contributed by atoms with E-state index in [0.717, 1.165) is 0 Å². The highest BCUT2D eigenvalue weighted by Gasteiger charge is 2.23. The number of hydrogen-bond acceptors (Lipinski definition) is 4. The van der Waals surface area contributed by atoms with Gasteiger partial charge in [-0.25, -0.2) is 5.10 Å². The molecule has 0 fully saturated rings. The van der Waals surface area contributed by atoms with Crippen LogP contribution < -0.4 is 16.6 Å². The summed E-state index contributed by atoms with van der Waals surface area (Å²) in [4.78, 5) is 36.0. The number of primary amides is 1. The number of nitrogens with zero attached hydrogens (tertiary/aromatic N) is 1. The Bertz CT molecular complexity index is 966. The molecule has 7 heteroatoms. The molecule has 0 bridgehead atoms. The highest BCUT2D eigenvalue weighted by Crippen LogP contribution is 2.16. The van der Waals surface area contributed by atoms with Gasteiger partial charge in [0.2, 0.25) is 5.91 Å². The lowest BCUT2D eigenvalue weighted by molar-refractivity contribution is -0.120. The number of carbonyl (C=O) groups excluding carboxylic acids is 2. The standard InChI is InChI=1S/C17H14N4O3/c18-15(22)13(10-6-2-1-3-7-10)19-17(24)14-11-8-4-5-9-12(11)16(23)21-20-14/h1-9,13H,(H2,18,22)(H,19,24)(H,21,23)/t13-/m1/s1. The summed E-state index contributed by atoms with van der Waals surface area (Å²) in [6.45, 7) is 0. The molecule has 24 heavy (non-hydrogen) atoms. The van der Waals surface area contributed by atoms with Crippen molar-refractivity contribution in [3.8, 4) is 0 Å². The third kappa shape index (κ3) is 2.87. The van der Waals surface area contributed by atoms with Crippen LogP contribution in [0.15, 0.2) is 59.4 Å². The number of fused-ring (bicyclic) bond motifs is 1. The van der Waals surface area contributed by atoms with Gasteiger partial charge in [0.15, 0.2) is 5.69 Å². The Morgan fingerprint density at radius 2 is 1.62 bits per heavy atom. The fourth-order valence-corrected chi connectivity index (χ4v) is 2.45. The second-order valence-corrected chi connectivity index (χ2v) is 5.17. The van der Waals surface area contributed by atoms with Crippen LogP contribution >= 0.6 is 0 Å². The Labute approximate surface area is 136 Å². The third-order valence-electron chi connectivity index (χ3n) is 3.60. The first-order valence-electron chi connectivity index (χ1n) is 7.20. The quantitative estimate of drug-likeness (QED) is 0.660. The molecule has 0 saturated carbocycles. The minimum atomic E-state index is -0.994. The summed E-state index contributed by atoms with van der Waals surface area (Å²) in [5.74, 6) is -1.29. The first-order valence-corrected chi connectivity index (χ1v) is 7.20. The molecule has 0 aliphatic carbocycles. The van der Waals surface area contributed by atoms with E-state index in [9.17, 15) is 14.4 Å². The summed E-state index contributed by atoms with van der Waals surface area (Å²) in [6.07, 6.45) is 0. The van der Waals surface area contributed by atoms with Gasteiger partial charge in [-0.15, -0.1) is 0 Å². The van der Waals surface area contributed by atoms with Gasteiger partial charge in [0, 0.05) is 5.39 Å². The maximum Gasteiger partial charge on any atom is 0.273 e. The number of nitrogens with one attached hydrogen (secondary N) is 2. The summed E-state index contributed by atoms with van der Waals surface area (Å²) in [7, 11) is 0. The van der Waals surface area contributed by atoms with Crippen molar-refractivity contribution in [2.75, 3.05) is 0 Å². The normalized spacial score (nSPS) is 11.8. The lowest BCUT2D eigenvalue weighted by Gasteiger charge is -2.16. The summed E-state index contributed by atoms with van der Waals surface area (Å²) in [5, 5.41) is 9.40. The molecule has 3 rings (SSSR count). The number of nitrogens with two attached hydrogens (primary N) is 1. The fourth-order valence-electron chi connectivity index (χ4n) is 2.45. The van der Waals surface area contributed by atoms with Crippen molar-refractivity contribution < 1.29 is 9.59 Å². The molecular formula is C17H14N4O3. The van der Waals surface area contributed by atoms with E-state index in [2.05, 4.69) is 15.5 Å². The van der Waals surface area contributed by atoms with Crippen LogP contribution in [-0.2, 0) is 4.79 Å². The van der Waals surface area contributed by atoms with Gasteiger partial charge >= 0.3 is 0 Å². The molecule has 0 spiro atoms. The molecule has 0 aliphatic rings. The number of carbonyl (C=O) groups is 2. The molecule has 0 unspecified atom stereocenters. The molecule has 120 valence electrons. The number of benzene rings is 2. The predicted molar refractivity (Wildman–Crippen MR) is 88.2 cm³/mol. The van der Waals surface area contributed by atoms with Gasteiger partial charge in [-0.1, -0.05) is 48.5 Å². The highest BCUT2D eigenvalue weighted by atomic mass is 16.2. The molecule has 4 N–H and O–H groups in total. The number of H-pyrrole nitrogens is 1. The van der Waals surface area contributed by atoms with Crippen molar-refractivity contribution in [3.05, 3.63) is 76.2 Å². The van der Waals surface area contributed by atoms with Gasteiger partial charge in [-0.2, -0.15) is 5.10 Å². The first kappa shape index (κ1) is 15.4. The zero-order valence-corrected chi connectivity index (χ0v) is 12.5. The largest absolute Gasteiger partial charge is 0.368 e. The second kappa shape index (κ2) is 6.33. The minimum Gasteiger partial charge on any atom is -0.368 e. The number of rotatable bonds is 4. The van der Waals surface area contributed by atoms with Gasteiger partial charge in [0.1, 0.15) is 6.04 Å². The average Bonchev–Trinajstić information content (AvgIpc) is 2.60. The molecular weight excluding hydrogens is 308 g/mol. The van der Waals surface area contributed by atoms with E-state index in [0.29, 0.717) is 16.3 Å². The average molecular weight is 322 g/mol. The monoisotopic (exact) mass is 322 g/mol. The lowest BCUT2D eigenvalue weighted by Crippen LogP contribution is -2.38. The van der Waals surface area contributed by atoms with Crippen molar-refractivity contribution in [2.45, 2.75) is 6.04 Å². The molecule has 0 aliphatic heterocycles. The summed E-state index contributed by atoms with van der Waals surface area (Å²) in [6, 6.07) is 14.3. The van der Waals surface area contributed by atoms with Crippen LogP contribution in [-0.4, -0.2) is 22.0 Å². The fraction of sp³-hybridized carbons (Fsp3) is 0.0588. The minimum absolute atomic E-state index is 0.0207. The second-order valence-electron chi connectivity index (χ2n) is 5.17. The summed E-state index contributed by atoms with van der Waals surface area (Å²) < 4.78 is 0. The lowest BCUT2D eigenvalue weighted by atomic mass is 10.1. The summed E-state index contributed by atoms with van der Waals surface area (Å²) >= 11 is 0. The van der Waals surface area contributed by atoms with Gasteiger partial charge in [0.05, 0.1) is 5.39 Å². The Morgan fingerprint density at radius 1 is 1.00 bits per heavy atom. The third-order valence-corrected chi connectivity index (χ3v) is 3.60.